The van der Waals surface area contributed by atoms with Gasteiger partial charge >= 0.3 is 0 Å². The molecule has 0 aromatic rings. The third-order valence-corrected chi connectivity index (χ3v) is 1.51. The summed E-state index contributed by atoms with van der Waals surface area (Å²) in [6.45, 7) is -0.540. The summed E-state index contributed by atoms with van der Waals surface area (Å²) < 4.78 is 24.8. The molecule has 0 radical (unpaired) electrons. The Morgan fingerprint density at radius 2 is 2.00 bits per heavy atom. The molecule has 1 aliphatic rings. The maximum Gasteiger partial charge on any atom is 0.288 e. The summed E-state index contributed by atoms with van der Waals surface area (Å²) >= 11 is 0. The van der Waals surface area contributed by atoms with E-state index in [2.05, 4.69) is 5.32 Å². The molecule has 60 valence electrons. The van der Waals surface area contributed by atoms with Gasteiger partial charge in [0.15, 0.2) is 0 Å². The van der Waals surface area contributed by atoms with Crippen LogP contribution in [0.2, 0.25) is 0 Å². The van der Waals surface area contributed by atoms with Crippen molar-refractivity contribution >= 4 is 0 Å². The molecule has 0 amide bonds. The number of halogens is 2. The predicted octanol–water partition coefficient (Wildman–Crippen LogP) is -1.05. The molecule has 3 N–H and O–H groups in total. The van der Waals surface area contributed by atoms with E-state index in [0.717, 1.165) is 0 Å². The molecule has 2 unspecified atom stereocenters. The maximum absolute atomic E-state index is 12.4. The fraction of sp³-hybridized carbons (Fsp3) is 1.00. The number of aliphatic hydroxyl groups excluding tert-OH is 2. The van der Waals surface area contributed by atoms with E-state index in [1.54, 1.807) is 0 Å². The molecule has 1 heterocycles. The first-order chi connectivity index (χ1) is 4.54. The Kier molecular flexibility index (Phi) is 1.89. The Morgan fingerprint density at radius 1 is 1.40 bits per heavy atom. The zero-order valence-corrected chi connectivity index (χ0v) is 5.22. The van der Waals surface area contributed by atoms with Crippen LogP contribution in [0.1, 0.15) is 0 Å². The number of hydrogen-bond acceptors (Lipinski definition) is 3. The summed E-state index contributed by atoms with van der Waals surface area (Å²) in [6.07, 6.45) is -3.28. The highest BCUT2D eigenvalue weighted by atomic mass is 19.3. The minimum Gasteiger partial charge on any atom is -0.389 e. The topological polar surface area (TPSA) is 52.5 Å². The number of β-amino-alcohol motifs (C(OH)–C–C–N with tert-alkyl or cyclic N) is 1. The number of hydrogen-bond donors (Lipinski definition) is 3. The second-order valence-corrected chi connectivity index (χ2v) is 2.40. The SMILES string of the molecule is OC1CNCC(F)(F)C1O. The lowest BCUT2D eigenvalue weighted by Gasteiger charge is -2.31. The molecule has 1 saturated heterocycles. The number of piperidine rings is 1. The Morgan fingerprint density at radius 3 is 2.40 bits per heavy atom. The van der Waals surface area contributed by atoms with Gasteiger partial charge in [-0.15, -0.1) is 0 Å². The normalized spacial score (nSPS) is 39.6. The summed E-state index contributed by atoms with van der Waals surface area (Å²) in [7, 11) is 0. The zero-order valence-electron chi connectivity index (χ0n) is 5.22. The van der Waals surface area contributed by atoms with Gasteiger partial charge in [-0.2, -0.15) is 0 Å². The molecular formula is C5H9F2NO2. The molecule has 1 aliphatic heterocycles. The van der Waals surface area contributed by atoms with E-state index in [-0.39, 0.29) is 6.54 Å². The fourth-order valence-corrected chi connectivity index (χ4v) is 0.884. The Bertz CT molecular complexity index is 131. The highest BCUT2D eigenvalue weighted by molar-refractivity contribution is 4.90. The van der Waals surface area contributed by atoms with Gasteiger partial charge in [0.05, 0.1) is 12.6 Å². The lowest BCUT2D eigenvalue weighted by Crippen LogP contribution is -2.57. The Labute approximate surface area is 56.7 Å². The zero-order chi connectivity index (χ0) is 7.78. The average molecular weight is 153 g/mol. The van der Waals surface area contributed by atoms with Gasteiger partial charge < -0.3 is 15.5 Å². The molecule has 0 aliphatic carbocycles. The number of aliphatic hydroxyl groups is 2. The summed E-state index contributed by atoms with van der Waals surface area (Å²) in [5.41, 5.74) is 0. The summed E-state index contributed by atoms with van der Waals surface area (Å²) in [5.74, 6) is -3.20. The van der Waals surface area contributed by atoms with Crippen LogP contribution >= 0.6 is 0 Å². The van der Waals surface area contributed by atoms with Crippen molar-refractivity contribution in [3.8, 4) is 0 Å². The van der Waals surface area contributed by atoms with Crippen LogP contribution in [0.15, 0.2) is 0 Å². The van der Waals surface area contributed by atoms with Crippen molar-refractivity contribution in [2.24, 2.45) is 0 Å². The summed E-state index contributed by atoms with van der Waals surface area (Å²) in [4.78, 5) is 0. The standard InChI is InChI=1S/C5H9F2NO2/c6-5(7)2-8-1-3(9)4(5)10/h3-4,8-10H,1-2H2. The third-order valence-electron chi connectivity index (χ3n) is 1.51. The van der Waals surface area contributed by atoms with Crippen LogP contribution < -0.4 is 5.32 Å². The molecule has 0 bridgehead atoms. The third kappa shape index (κ3) is 1.25. The number of alkyl halides is 2. The lowest BCUT2D eigenvalue weighted by atomic mass is 10.0. The fourth-order valence-electron chi connectivity index (χ4n) is 0.884. The first-order valence-corrected chi connectivity index (χ1v) is 2.99. The van der Waals surface area contributed by atoms with Crippen molar-refractivity contribution < 1.29 is 19.0 Å². The molecule has 10 heavy (non-hydrogen) atoms. The van der Waals surface area contributed by atoms with Gasteiger partial charge in [-0.1, -0.05) is 0 Å². The molecule has 5 heteroatoms. The minimum absolute atomic E-state index is 0.0246. The monoisotopic (exact) mass is 153 g/mol. The van der Waals surface area contributed by atoms with Crippen LogP contribution in [0.5, 0.6) is 0 Å². The molecule has 2 atom stereocenters. The lowest BCUT2D eigenvalue weighted by molar-refractivity contribution is -0.165. The number of rotatable bonds is 0. The average Bonchev–Trinajstić information content (AvgIpc) is 1.83. The van der Waals surface area contributed by atoms with E-state index < -0.39 is 24.7 Å². The largest absolute Gasteiger partial charge is 0.389 e. The van der Waals surface area contributed by atoms with E-state index in [0.29, 0.717) is 0 Å². The van der Waals surface area contributed by atoms with Crippen molar-refractivity contribution in [2.45, 2.75) is 18.1 Å². The van der Waals surface area contributed by atoms with Crippen molar-refractivity contribution in [1.82, 2.24) is 5.32 Å². The van der Waals surface area contributed by atoms with Gasteiger partial charge in [-0.3, -0.25) is 0 Å². The molecule has 1 rings (SSSR count). The Hall–Kier alpha value is -0.260. The van der Waals surface area contributed by atoms with Crippen LogP contribution in [-0.4, -0.2) is 41.4 Å². The van der Waals surface area contributed by atoms with Crippen LogP contribution in [0.25, 0.3) is 0 Å². The second kappa shape index (κ2) is 2.41. The van der Waals surface area contributed by atoms with E-state index in [1.807, 2.05) is 0 Å². The molecular weight excluding hydrogens is 144 g/mol. The Balaban J connectivity index is 2.60. The van der Waals surface area contributed by atoms with Gasteiger partial charge in [0.1, 0.15) is 6.10 Å². The predicted molar refractivity (Wildman–Crippen MR) is 29.8 cm³/mol. The minimum atomic E-state index is -3.20. The van der Waals surface area contributed by atoms with Crippen LogP contribution in [0.4, 0.5) is 8.78 Å². The molecule has 0 saturated carbocycles. The van der Waals surface area contributed by atoms with Gasteiger partial charge in [-0.25, -0.2) is 8.78 Å². The highest BCUT2D eigenvalue weighted by Crippen LogP contribution is 2.22. The van der Waals surface area contributed by atoms with Crippen molar-refractivity contribution in [2.75, 3.05) is 13.1 Å². The molecule has 1 fully saturated rings. The highest BCUT2D eigenvalue weighted by Gasteiger charge is 2.45. The first kappa shape index (κ1) is 7.84. The smallest absolute Gasteiger partial charge is 0.288 e. The van der Waals surface area contributed by atoms with E-state index in [4.69, 9.17) is 10.2 Å². The molecule has 0 aromatic heterocycles. The van der Waals surface area contributed by atoms with E-state index in [1.165, 1.54) is 0 Å². The first-order valence-electron chi connectivity index (χ1n) is 2.99. The van der Waals surface area contributed by atoms with Gasteiger partial charge in [0, 0.05) is 6.54 Å². The maximum atomic E-state index is 12.4. The van der Waals surface area contributed by atoms with E-state index in [9.17, 15) is 8.78 Å². The van der Waals surface area contributed by atoms with E-state index >= 15 is 0 Å². The van der Waals surface area contributed by atoms with Crippen molar-refractivity contribution in [3.05, 3.63) is 0 Å². The summed E-state index contributed by atoms with van der Waals surface area (Å²) in [5, 5.41) is 19.7. The quantitative estimate of drug-likeness (QED) is 0.416. The second-order valence-electron chi connectivity index (χ2n) is 2.40. The molecule has 3 nitrogen and oxygen atoms in total. The van der Waals surface area contributed by atoms with Crippen LogP contribution in [0, 0.1) is 0 Å². The van der Waals surface area contributed by atoms with Crippen molar-refractivity contribution in [3.63, 3.8) is 0 Å². The van der Waals surface area contributed by atoms with Crippen molar-refractivity contribution in [1.29, 1.82) is 0 Å². The summed E-state index contributed by atoms with van der Waals surface area (Å²) in [6, 6.07) is 0. The number of nitrogens with one attached hydrogen (secondary N) is 1. The van der Waals surface area contributed by atoms with Crippen LogP contribution in [-0.2, 0) is 0 Å². The van der Waals surface area contributed by atoms with Gasteiger partial charge in [-0.05, 0) is 0 Å². The van der Waals surface area contributed by atoms with Gasteiger partial charge in [0.2, 0.25) is 0 Å². The van der Waals surface area contributed by atoms with Gasteiger partial charge in [0.25, 0.3) is 5.92 Å². The van der Waals surface area contributed by atoms with Crippen LogP contribution in [0.3, 0.4) is 0 Å². The molecule has 0 aromatic carbocycles. The molecule has 0 spiro atoms.